The van der Waals surface area contributed by atoms with Crippen LogP contribution in [0.5, 0.6) is 11.8 Å². The number of fused-ring (bicyclic) bond motifs is 1. The predicted octanol–water partition coefficient (Wildman–Crippen LogP) is 1.77. The molecule has 0 radical (unpaired) electrons. The molecule has 2 heterocycles. The van der Waals surface area contributed by atoms with Gasteiger partial charge >= 0.3 is 6.08 Å². The molecule has 2 aromatic rings. The molecule has 1 aromatic heterocycles. The van der Waals surface area contributed by atoms with Crippen LogP contribution in [-0.4, -0.2) is 21.9 Å². The van der Waals surface area contributed by atoms with Crippen molar-refractivity contribution >= 4 is 0 Å². The zero-order valence-electron chi connectivity index (χ0n) is 8.51. The van der Waals surface area contributed by atoms with Gasteiger partial charge in [0, 0.05) is 5.56 Å². The van der Waals surface area contributed by atoms with Gasteiger partial charge in [-0.2, -0.15) is 0 Å². The van der Waals surface area contributed by atoms with Gasteiger partial charge in [0.15, 0.2) is 0 Å². The van der Waals surface area contributed by atoms with Crippen LogP contribution in [0.3, 0.4) is 0 Å². The van der Waals surface area contributed by atoms with Crippen molar-refractivity contribution in [3.63, 3.8) is 0 Å². The number of hydrogen-bond acceptors (Lipinski definition) is 5. The number of rotatable bonds is 1. The Labute approximate surface area is 91.7 Å². The lowest BCUT2D eigenvalue weighted by molar-refractivity contribution is 0.288. The highest BCUT2D eigenvalue weighted by Gasteiger charge is 2.13. The molecule has 1 aliphatic heterocycles. The summed E-state index contributed by atoms with van der Waals surface area (Å²) in [4.78, 5) is 0. The highest BCUT2D eigenvalue weighted by atomic mass is 16.5. The van der Waals surface area contributed by atoms with Gasteiger partial charge in [0.25, 0.3) is 5.89 Å². The van der Waals surface area contributed by atoms with Crippen LogP contribution in [0.4, 0.5) is 0 Å². The first-order chi connectivity index (χ1) is 7.83. The Kier molecular flexibility index (Phi) is 2.02. The van der Waals surface area contributed by atoms with Crippen LogP contribution in [0.15, 0.2) is 22.6 Å². The quantitative estimate of drug-likeness (QED) is 0.789. The van der Waals surface area contributed by atoms with Crippen LogP contribution in [0.2, 0.25) is 0 Å². The molecule has 0 unspecified atom stereocenters. The van der Waals surface area contributed by atoms with Crippen molar-refractivity contribution in [1.29, 1.82) is 0 Å². The highest BCUT2D eigenvalue weighted by Crippen LogP contribution is 2.29. The molecular formula is C11H10N2O3. The van der Waals surface area contributed by atoms with E-state index in [1.165, 1.54) is 0 Å². The van der Waals surface area contributed by atoms with E-state index in [0.29, 0.717) is 5.89 Å². The molecule has 5 heteroatoms. The van der Waals surface area contributed by atoms with Gasteiger partial charge in [-0.3, -0.25) is 0 Å². The predicted molar refractivity (Wildman–Crippen MR) is 55.2 cm³/mol. The van der Waals surface area contributed by atoms with E-state index in [9.17, 15) is 0 Å². The van der Waals surface area contributed by atoms with Crippen molar-refractivity contribution in [1.82, 2.24) is 10.2 Å². The molecule has 0 fully saturated rings. The van der Waals surface area contributed by atoms with Gasteiger partial charge in [-0.25, -0.2) is 0 Å². The SMILES string of the molecule is Oc1nnc(-c2ccc3c(c2)CCCO3)o1. The topological polar surface area (TPSA) is 68.4 Å². The van der Waals surface area contributed by atoms with Gasteiger partial charge in [-0.1, -0.05) is 5.10 Å². The van der Waals surface area contributed by atoms with Gasteiger partial charge in [0.2, 0.25) is 0 Å². The average molecular weight is 218 g/mol. The molecule has 0 amide bonds. The summed E-state index contributed by atoms with van der Waals surface area (Å²) in [6, 6.07) is 5.70. The van der Waals surface area contributed by atoms with Crippen LogP contribution in [0.1, 0.15) is 12.0 Å². The van der Waals surface area contributed by atoms with Crippen LogP contribution in [0, 0.1) is 0 Å². The molecule has 5 nitrogen and oxygen atoms in total. The first-order valence-electron chi connectivity index (χ1n) is 5.11. The first-order valence-corrected chi connectivity index (χ1v) is 5.11. The summed E-state index contributed by atoms with van der Waals surface area (Å²) in [6.07, 6.45) is 1.60. The molecule has 0 atom stereocenters. The Hall–Kier alpha value is -2.04. The van der Waals surface area contributed by atoms with Gasteiger partial charge in [-0.15, -0.1) is 5.10 Å². The molecule has 0 spiro atoms. The van der Waals surface area contributed by atoms with Crippen molar-refractivity contribution in [3.8, 4) is 23.3 Å². The molecule has 0 bridgehead atoms. The van der Waals surface area contributed by atoms with Gasteiger partial charge in [0.05, 0.1) is 6.61 Å². The number of benzene rings is 1. The summed E-state index contributed by atoms with van der Waals surface area (Å²) < 4.78 is 10.5. The minimum absolute atomic E-state index is 0.325. The van der Waals surface area contributed by atoms with Gasteiger partial charge in [0.1, 0.15) is 5.75 Å². The highest BCUT2D eigenvalue weighted by molar-refractivity contribution is 5.57. The van der Waals surface area contributed by atoms with E-state index in [4.69, 9.17) is 14.3 Å². The lowest BCUT2D eigenvalue weighted by Gasteiger charge is -2.17. The summed E-state index contributed by atoms with van der Waals surface area (Å²) in [5.41, 5.74) is 1.94. The second-order valence-electron chi connectivity index (χ2n) is 3.66. The van der Waals surface area contributed by atoms with E-state index in [1.54, 1.807) is 0 Å². The monoisotopic (exact) mass is 218 g/mol. The molecule has 16 heavy (non-hydrogen) atoms. The zero-order valence-corrected chi connectivity index (χ0v) is 8.51. The molecule has 0 saturated heterocycles. The van der Waals surface area contributed by atoms with Crippen LogP contribution in [-0.2, 0) is 6.42 Å². The Bertz CT molecular complexity index is 522. The second-order valence-corrected chi connectivity index (χ2v) is 3.66. The van der Waals surface area contributed by atoms with E-state index >= 15 is 0 Å². The standard InChI is InChI=1S/C11H10N2O3/c14-11-13-12-10(16-11)8-3-4-9-7(6-8)2-1-5-15-9/h3-4,6H,1-2,5H2,(H,13,14). The summed E-state index contributed by atoms with van der Waals surface area (Å²) in [6.45, 7) is 0.772. The minimum atomic E-state index is -0.413. The second kappa shape index (κ2) is 3.52. The van der Waals surface area contributed by atoms with Crippen molar-refractivity contribution in [3.05, 3.63) is 23.8 Å². The molecular weight excluding hydrogens is 208 g/mol. The molecule has 1 aromatic carbocycles. The van der Waals surface area contributed by atoms with E-state index in [1.807, 2.05) is 18.2 Å². The van der Waals surface area contributed by atoms with E-state index < -0.39 is 6.08 Å². The molecule has 1 N–H and O–H groups in total. The Morgan fingerprint density at radius 1 is 1.25 bits per heavy atom. The smallest absolute Gasteiger partial charge is 0.412 e. The van der Waals surface area contributed by atoms with Crippen LogP contribution < -0.4 is 4.74 Å². The molecule has 3 rings (SSSR count). The zero-order chi connectivity index (χ0) is 11.0. The van der Waals surface area contributed by atoms with E-state index in [2.05, 4.69) is 10.2 Å². The van der Waals surface area contributed by atoms with E-state index in [-0.39, 0.29) is 0 Å². The van der Waals surface area contributed by atoms with Crippen molar-refractivity contribution in [2.24, 2.45) is 0 Å². The fraction of sp³-hybridized carbons (Fsp3) is 0.273. The maximum atomic E-state index is 8.99. The third-order valence-corrected chi connectivity index (χ3v) is 2.57. The number of aromatic hydroxyl groups is 1. The Balaban J connectivity index is 2.02. The number of nitrogens with zero attached hydrogens (tertiary/aromatic N) is 2. The number of aryl methyl sites for hydroxylation is 1. The lowest BCUT2D eigenvalue weighted by Crippen LogP contribution is -2.08. The van der Waals surface area contributed by atoms with Crippen molar-refractivity contribution in [2.75, 3.05) is 6.61 Å². The van der Waals surface area contributed by atoms with E-state index in [0.717, 1.165) is 36.3 Å². The van der Waals surface area contributed by atoms with Gasteiger partial charge < -0.3 is 14.3 Å². The summed E-state index contributed by atoms with van der Waals surface area (Å²) in [7, 11) is 0. The van der Waals surface area contributed by atoms with Crippen molar-refractivity contribution in [2.45, 2.75) is 12.8 Å². The van der Waals surface area contributed by atoms with Crippen LogP contribution >= 0.6 is 0 Å². The summed E-state index contributed by atoms with van der Waals surface area (Å²) in [5, 5.41) is 16.1. The fourth-order valence-corrected chi connectivity index (χ4v) is 1.83. The molecule has 0 saturated carbocycles. The van der Waals surface area contributed by atoms with Gasteiger partial charge in [-0.05, 0) is 36.6 Å². The number of ether oxygens (including phenoxy) is 1. The third-order valence-electron chi connectivity index (χ3n) is 2.57. The minimum Gasteiger partial charge on any atom is -0.493 e. The number of hydrogen-bond donors (Lipinski definition) is 1. The Morgan fingerprint density at radius 2 is 2.19 bits per heavy atom. The fourth-order valence-electron chi connectivity index (χ4n) is 1.83. The first kappa shape index (κ1) is 9.21. The maximum Gasteiger partial charge on any atom is 0.412 e. The maximum absolute atomic E-state index is 8.99. The largest absolute Gasteiger partial charge is 0.493 e. The lowest BCUT2D eigenvalue weighted by atomic mass is 10.0. The Morgan fingerprint density at radius 3 is 3.00 bits per heavy atom. The van der Waals surface area contributed by atoms with Crippen LogP contribution in [0.25, 0.3) is 11.5 Å². The molecule has 0 aliphatic carbocycles. The normalized spacial score (nSPS) is 14.2. The van der Waals surface area contributed by atoms with Crippen molar-refractivity contribution < 1.29 is 14.3 Å². The molecule has 1 aliphatic rings. The third kappa shape index (κ3) is 1.50. The molecule has 82 valence electrons. The summed E-state index contributed by atoms with van der Waals surface area (Å²) >= 11 is 0. The number of aromatic nitrogens is 2. The summed E-state index contributed by atoms with van der Waals surface area (Å²) in [5.74, 6) is 1.24. The average Bonchev–Trinajstić information content (AvgIpc) is 2.75.